The van der Waals surface area contributed by atoms with Crippen LogP contribution >= 0.6 is 23.2 Å². The number of hydrogen-bond donors (Lipinski definition) is 1. The van der Waals surface area contributed by atoms with Crippen LogP contribution in [0.25, 0.3) is 0 Å². The summed E-state index contributed by atoms with van der Waals surface area (Å²) in [5.74, 6) is 0.762. The Morgan fingerprint density at radius 3 is 2.79 bits per heavy atom. The molecule has 1 aromatic heterocycles. The third-order valence-corrected chi connectivity index (χ3v) is 2.90. The van der Waals surface area contributed by atoms with E-state index in [9.17, 15) is 0 Å². The highest BCUT2D eigenvalue weighted by atomic mass is 35.5. The summed E-state index contributed by atoms with van der Waals surface area (Å²) in [5, 5.41) is 11.4. The van der Waals surface area contributed by atoms with Crippen molar-refractivity contribution in [3.63, 3.8) is 0 Å². The van der Waals surface area contributed by atoms with Gasteiger partial charge in [0.05, 0.1) is 5.69 Å². The van der Waals surface area contributed by atoms with Crippen molar-refractivity contribution in [2.24, 2.45) is 5.92 Å². The summed E-state index contributed by atoms with van der Waals surface area (Å²) in [6.45, 7) is 2.14. The number of halogens is 2. The quantitative estimate of drug-likeness (QED) is 0.870. The fourth-order valence-electron chi connectivity index (χ4n) is 1.41. The average Bonchev–Trinajstić information content (AvgIpc) is 2.94. The van der Waals surface area contributed by atoms with Gasteiger partial charge in [-0.05, 0) is 25.7 Å². The van der Waals surface area contributed by atoms with Crippen molar-refractivity contribution >= 4 is 28.9 Å². The Labute approximate surface area is 92.8 Å². The molecule has 1 atom stereocenters. The van der Waals surface area contributed by atoms with Gasteiger partial charge in [-0.1, -0.05) is 23.2 Å². The van der Waals surface area contributed by atoms with Crippen molar-refractivity contribution < 1.29 is 0 Å². The SMILES string of the molecule is CC(Nc1cc(Cl)nnc1Cl)C1CC1. The molecular weight excluding hydrogens is 221 g/mol. The summed E-state index contributed by atoms with van der Waals surface area (Å²) < 4.78 is 0. The van der Waals surface area contributed by atoms with Gasteiger partial charge in [-0.25, -0.2) is 0 Å². The van der Waals surface area contributed by atoms with Gasteiger partial charge in [0.1, 0.15) is 0 Å². The molecule has 0 amide bonds. The van der Waals surface area contributed by atoms with Gasteiger partial charge in [-0.15, -0.1) is 10.2 Å². The highest BCUT2D eigenvalue weighted by Crippen LogP contribution is 2.34. The van der Waals surface area contributed by atoms with E-state index in [0.717, 1.165) is 11.6 Å². The van der Waals surface area contributed by atoms with E-state index < -0.39 is 0 Å². The van der Waals surface area contributed by atoms with E-state index in [1.807, 2.05) is 0 Å². The molecule has 0 spiro atoms. The van der Waals surface area contributed by atoms with Crippen molar-refractivity contribution in [3.05, 3.63) is 16.4 Å². The van der Waals surface area contributed by atoms with Crippen molar-refractivity contribution in [2.75, 3.05) is 5.32 Å². The largest absolute Gasteiger partial charge is 0.380 e. The van der Waals surface area contributed by atoms with Crippen LogP contribution in [0.15, 0.2) is 6.07 Å². The van der Waals surface area contributed by atoms with Gasteiger partial charge in [-0.3, -0.25) is 0 Å². The Kier molecular flexibility index (Phi) is 2.79. The molecule has 1 aliphatic rings. The van der Waals surface area contributed by atoms with Crippen molar-refractivity contribution in [1.29, 1.82) is 0 Å². The molecule has 0 bridgehead atoms. The lowest BCUT2D eigenvalue weighted by Crippen LogP contribution is -2.17. The first-order valence-corrected chi connectivity index (χ1v) is 5.37. The lowest BCUT2D eigenvalue weighted by molar-refractivity contribution is 0.693. The van der Waals surface area contributed by atoms with E-state index in [0.29, 0.717) is 16.3 Å². The van der Waals surface area contributed by atoms with Crippen LogP contribution in [0.3, 0.4) is 0 Å². The van der Waals surface area contributed by atoms with Gasteiger partial charge in [0, 0.05) is 12.1 Å². The summed E-state index contributed by atoms with van der Waals surface area (Å²) in [4.78, 5) is 0. The first kappa shape index (κ1) is 9.99. The lowest BCUT2D eigenvalue weighted by atomic mass is 10.2. The average molecular weight is 232 g/mol. The highest BCUT2D eigenvalue weighted by molar-refractivity contribution is 6.33. The van der Waals surface area contributed by atoms with Crippen molar-refractivity contribution in [1.82, 2.24) is 10.2 Å². The Bertz CT molecular complexity index is 339. The van der Waals surface area contributed by atoms with Gasteiger partial charge in [0.2, 0.25) is 0 Å². The maximum absolute atomic E-state index is 5.87. The van der Waals surface area contributed by atoms with Crippen LogP contribution in [0.5, 0.6) is 0 Å². The predicted molar refractivity (Wildman–Crippen MR) is 57.9 cm³/mol. The van der Waals surface area contributed by atoms with E-state index in [2.05, 4.69) is 22.4 Å². The normalized spacial score (nSPS) is 17.9. The second-order valence-corrected chi connectivity index (χ2v) is 4.39. The predicted octanol–water partition coefficient (Wildman–Crippen LogP) is 2.99. The molecule has 1 N–H and O–H groups in total. The fourth-order valence-corrected chi connectivity index (χ4v) is 1.71. The molecule has 1 aliphatic carbocycles. The maximum Gasteiger partial charge on any atom is 0.174 e. The van der Waals surface area contributed by atoms with Crippen LogP contribution in [0.4, 0.5) is 5.69 Å². The fraction of sp³-hybridized carbons (Fsp3) is 0.556. The number of nitrogens with zero attached hydrogens (tertiary/aromatic N) is 2. The Hall–Kier alpha value is -0.540. The van der Waals surface area contributed by atoms with Crippen LogP contribution in [-0.4, -0.2) is 16.2 Å². The zero-order chi connectivity index (χ0) is 10.1. The standard InChI is InChI=1S/C9H11Cl2N3/c1-5(6-2-3-6)12-7-4-8(10)13-14-9(7)11/h4-6H,2-3H2,1H3,(H,12,13). The Morgan fingerprint density at radius 2 is 2.14 bits per heavy atom. The molecule has 5 heteroatoms. The van der Waals surface area contributed by atoms with E-state index in [-0.39, 0.29) is 0 Å². The molecule has 14 heavy (non-hydrogen) atoms. The first-order chi connectivity index (χ1) is 6.66. The number of hydrogen-bond acceptors (Lipinski definition) is 3. The van der Waals surface area contributed by atoms with Crippen LogP contribution < -0.4 is 5.32 Å². The number of rotatable bonds is 3. The molecule has 1 fully saturated rings. The van der Waals surface area contributed by atoms with Gasteiger partial charge in [-0.2, -0.15) is 0 Å². The second kappa shape index (κ2) is 3.91. The molecule has 3 nitrogen and oxygen atoms in total. The molecule has 0 saturated heterocycles. The number of nitrogens with one attached hydrogen (secondary N) is 1. The van der Waals surface area contributed by atoms with Gasteiger partial charge in [0.15, 0.2) is 10.3 Å². The van der Waals surface area contributed by atoms with Gasteiger partial charge >= 0.3 is 0 Å². The third-order valence-electron chi connectivity index (χ3n) is 2.43. The molecule has 76 valence electrons. The number of anilines is 1. The first-order valence-electron chi connectivity index (χ1n) is 4.62. The Balaban J connectivity index is 2.10. The van der Waals surface area contributed by atoms with Crippen LogP contribution in [-0.2, 0) is 0 Å². The molecule has 1 aromatic rings. The molecular formula is C9H11Cl2N3. The molecule has 1 unspecified atom stereocenters. The van der Waals surface area contributed by atoms with E-state index in [1.165, 1.54) is 12.8 Å². The summed E-state index contributed by atoms with van der Waals surface area (Å²) in [7, 11) is 0. The zero-order valence-electron chi connectivity index (χ0n) is 7.80. The smallest absolute Gasteiger partial charge is 0.174 e. The Morgan fingerprint density at radius 1 is 1.43 bits per heavy atom. The monoisotopic (exact) mass is 231 g/mol. The van der Waals surface area contributed by atoms with Crippen LogP contribution in [0.2, 0.25) is 10.3 Å². The van der Waals surface area contributed by atoms with Crippen molar-refractivity contribution in [2.45, 2.75) is 25.8 Å². The van der Waals surface area contributed by atoms with E-state index in [4.69, 9.17) is 23.2 Å². The molecule has 0 aromatic carbocycles. The summed E-state index contributed by atoms with van der Waals surface area (Å²) in [6.07, 6.45) is 2.58. The number of aromatic nitrogens is 2. The minimum Gasteiger partial charge on any atom is -0.380 e. The lowest BCUT2D eigenvalue weighted by Gasteiger charge is -2.14. The van der Waals surface area contributed by atoms with Crippen LogP contribution in [0.1, 0.15) is 19.8 Å². The second-order valence-electron chi connectivity index (χ2n) is 3.64. The third kappa shape index (κ3) is 2.28. The summed E-state index contributed by atoms with van der Waals surface area (Å²) in [5.41, 5.74) is 0.770. The maximum atomic E-state index is 5.87. The minimum absolute atomic E-state index is 0.361. The summed E-state index contributed by atoms with van der Waals surface area (Å²) in [6, 6.07) is 2.13. The van der Waals surface area contributed by atoms with Crippen LogP contribution in [0, 0.1) is 5.92 Å². The zero-order valence-corrected chi connectivity index (χ0v) is 9.31. The van der Waals surface area contributed by atoms with Gasteiger partial charge < -0.3 is 5.32 Å². The van der Waals surface area contributed by atoms with Gasteiger partial charge in [0.25, 0.3) is 0 Å². The van der Waals surface area contributed by atoms with Crippen molar-refractivity contribution in [3.8, 4) is 0 Å². The molecule has 0 aliphatic heterocycles. The molecule has 2 rings (SSSR count). The van der Waals surface area contributed by atoms with E-state index in [1.54, 1.807) is 6.07 Å². The molecule has 1 heterocycles. The molecule has 1 saturated carbocycles. The summed E-state index contributed by atoms with van der Waals surface area (Å²) >= 11 is 11.6. The van der Waals surface area contributed by atoms with E-state index >= 15 is 0 Å². The topological polar surface area (TPSA) is 37.8 Å². The minimum atomic E-state index is 0.361. The molecule has 0 radical (unpaired) electrons. The highest BCUT2D eigenvalue weighted by Gasteiger charge is 2.28.